The molecule has 3 nitrogen and oxygen atoms in total. The predicted octanol–water partition coefficient (Wildman–Crippen LogP) is 3.22. The lowest BCUT2D eigenvalue weighted by molar-refractivity contribution is -0.142. The summed E-state index contributed by atoms with van der Waals surface area (Å²) >= 11 is 0. The smallest absolute Gasteiger partial charge is 0.309 e. The number of carboxylic acids is 1. The van der Waals surface area contributed by atoms with Crippen molar-refractivity contribution in [3.05, 3.63) is 29.3 Å². The second kappa shape index (κ2) is 5.71. The third-order valence-corrected chi connectivity index (χ3v) is 2.78. The van der Waals surface area contributed by atoms with Crippen LogP contribution in [0, 0.1) is 12.8 Å². The van der Waals surface area contributed by atoms with E-state index in [1.165, 1.54) is 11.1 Å². The van der Waals surface area contributed by atoms with Crippen LogP contribution in [0.4, 0.5) is 0 Å². The Morgan fingerprint density at radius 3 is 2.47 bits per heavy atom. The van der Waals surface area contributed by atoms with Crippen LogP contribution in [-0.2, 0) is 4.79 Å². The van der Waals surface area contributed by atoms with Gasteiger partial charge in [0.15, 0.2) is 0 Å². The zero-order chi connectivity index (χ0) is 13.0. The molecule has 0 spiro atoms. The van der Waals surface area contributed by atoms with Crippen molar-refractivity contribution >= 4 is 5.97 Å². The molecule has 1 unspecified atom stereocenters. The minimum absolute atomic E-state index is 0.204. The van der Waals surface area contributed by atoms with Crippen LogP contribution in [0.2, 0.25) is 0 Å². The summed E-state index contributed by atoms with van der Waals surface area (Å²) in [5.41, 5.74) is 2.48. The molecule has 0 heterocycles. The fourth-order valence-electron chi connectivity index (χ4n) is 1.68. The van der Waals surface area contributed by atoms with Crippen LogP contribution < -0.4 is 4.74 Å². The summed E-state index contributed by atoms with van der Waals surface area (Å²) in [6.07, 6.45) is 0. The fraction of sp³-hybridized carbons (Fsp3) is 0.500. The van der Waals surface area contributed by atoms with Crippen LogP contribution in [0.5, 0.6) is 5.75 Å². The third kappa shape index (κ3) is 3.77. The van der Waals surface area contributed by atoms with Gasteiger partial charge >= 0.3 is 5.97 Å². The summed E-state index contributed by atoms with van der Waals surface area (Å²) in [6, 6.07) is 5.90. The number of rotatable bonds is 5. The molecule has 3 heteroatoms. The Hall–Kier alpha value is -1.51. The maximum absolute atomic E-state index is 10.7. The molecule has 0 fully saturated rings. The van der Waals surface area contributed by atoms with E-state index >= 15 is 0 Å². The van der Waals surface area contributed by atoms with Crippen LogP contribution in [0.25, 0.3) is 0 Å². The molecule has 0 saturated carbocycles. The molecule has 0 aliphatic rings. The van der Waals surface area contributed by atoms with E-state index in [-0.39, 0.29) is 6.61 Å². The third-order valence-electron chi connectivity index (χ3n) is 2.78. The Balaban J connectivity index is 2.68. The number of carbonyl (C=O) groups is 1. The molecule has 1 atom stereocenters. The number of hydrogen-bond acceptors (Lipinski definition) is 2. The molecular weight excluding hydrogens is 216 g/mol. The number of aryl methyl sites for hydroxylation is 1. The SMILES string of the molecule is Cc1cc(OCC(C)C(=O)O)ccc1C(C)C. The highest BCUT2D eigenvalue weighted by molar-refractivity contribution is 5.69. The molecule has 0 amide bonds. The molecule has 1 aromatic carbocycles. The van der Waals surface area contributed by atoms with E-state index in [0.717, 1.165) is 5.75 Å². The number of aliphatic carboxylic acids is 1. The van der Waals surface area contributed by atoms with E-state index in [9.17, 15) is 4.79 Å². The summed E-state index contributed by atoms with van der Waals surface area (Å²) in [6.45, 7) is 8.18. The summed E-state index contributed by atoms with van der Waals surface area (Å²) < 4.78 is 5.46. The Kier molecular flexibility index (Phi) is 4.55. The van der Waals surface area contributed by atoms with Gasteiger partial charge < -0.3 is 9.84 Å². The number of ether oxygens (including phenoxy) is 1. The molecule has 0 saturated heterocycles. The molecule has 1 N–H and O–H groups in total. The van der Waals surface area contributed by atoms with Crippen molar-refractivity contribution in [1.29, 1.82) is 0 Å². The number of benzene rings is 1. The van der Waals surface area contributed by atoms with Gasteiger partial charge in [-0.2, -0.15) is 0 Å². The quantitative estimate of drug-likeness (QED) is 0.853. The van der Waals surface area contributed by atoms with Gasteiger partial charge in [-0.25, -0.2) is 0 Å². The maximum atomic E-state index is 10.7. The van der Waals surface area contributed by atoms with Gasteiger partial charge in [0, 0.05) is 0 Å². The lowest BCUT2D eigenvalue weighted by Crippen LogP contribution is -2.17. The topological polar surface area (TPSA) is 46.5 Å². The van der Waals surface area contributed by atoms with Crippen molar-refractivity contribution < 1.29 is 14.6 Å². The molecule has 0 radical (unpaired) electrons. The molecule has 94 valence electrons. The molecule has 0 aliphatic heterocycles. The van der Waals surface area contributed by atoms with Crippen molar-refractivity contribution in [3.63, 3.8) is 0 Å². The zero-order valence-electron chi connectivity index (χ0n) is 10.9. The summed E-state index contributed by atoms with van der Waals surface area (Å²) in [5.74, 6) is -0.0948. The Morgan fingerprint density at radius 2 is 2.00 bits per heavy atom. The van der Waals surface area contributed by atoms with Gasteiger partial charge in [0.25, 0.3) is 0 Å². The van der Waals surface area contributed by atoms with E-state index in [0.29, 0.717) is 5.92 Å². The van der Waals surface area contributed by atoms with Crippen LogP contribution in [0.1, 0.15) is 37.8 Å². The molecule has 1 rings (SSSR count). The van der Waals surface area contributed by atoms with Gasteiger partial charge in [-0.05, 0) is 43.0 Å². The predicted molar refractivity (Wildman–Crippen MR) is 67.6 cm³/mol. The van der Waals surface area contributed by atoms with Crippen molar-refractivity contribution in [3.8, 4) is 5.75 Å². The maximum Gasteiger partial charge on any atom is 0.309 e. The van der Waals surface area contributed by atoms with Crippen molar-refractivity contribution in [2.45, 2.75) is 33.6 Å². The largest absolute Gasteiger partial charge is 0.493 e. The van der Waals surface area contributed by atoms with Crippen molar-refractivity contribution in [2.24, 2.45) is 5.92 Å². The summed E-state index contributed by atoms with van der Waals surface area (Å²) in [7, 11) is 0. The standard InChI is InChI=1S/C14H20O3/c1-9(2)13-6-5-12(7-10(13)3)17-8-11(4)14(15)16/h5-7,9,11H,8H2,1-4H3,(H,15,16). The van der Waals surface area contributed by atoms with Crippen LogP contribution in [-0.4, -0.2) is 17.7 Å². The first kappa shape index (κ1) is 13.6. The van der Waals surface area contributed by atoms with Gasteiger partial charge in [-0.15, -0.1) is 0 Å². The van der Waals surface area contributed by atoms with Gasteiger partial charge in [-0.1, -0.05) is 19.9 Å². The van der Waals surface area contributed by atoms with Crippen molar-refractivity contribution in [2.75, 3.05) is 6.61 Å². The molecular formula is C14H20O3. The Bertz CT molecular complexity index is 396. The number of hydrogen-bond donors (Lipinski definition) is 1. The lowest BCUT2D eigenvalue weighted by atomic mass is 9.98. The van der Waals surface area contributed by atoms with Gasteiger partial charge in [0.05, 0.1) is 5.92 Å². The van der Waals surface area contributed by atoms with E-state index in [1.54, 1.807) is 6.92 Å². The van der Waals surface area contributed by atoms with E-state index in [4.69, 9.17) is 9.84 Å². The highest BCUT2D eigenvalue weighted by Crippen LogP contribution is 2.23. The minimum Gasteiger partial charge on any atom is -0.493 e. The second-order valence-corrected chi connectivity index (χ2v) is 4.72. The van der Waals surface area contributed by atoms with Crippen molar-refractivity contribution in [1.82, 2.24) is 0 Å². The number of carboxylic acid groups (broad SMARTS) is 1. The average molecular weight is 236 g/mol. The fourth-order valence-corrected chi connectivity index (χ4v) is 1.68. The van der Waals surface area contributed by atoms with E-state index in [2.05, 4.69) is 13.8 Å². The van der Waals surface area contributed by atoms with Crippen LogP contribution >= 0.6 is 0 Å². The monoisotopic (exact) mass is 236 g/mol. The van der Waals surface area contributed by atoms with Gasteiger partial charge in [0.2, 0.25) is 0 Å². The van der Waals surface area contributed by atoms with E-state index < -0.39 is 11.9 Å². The zero-order valence-corrected chi connectivity index (χ0v) is 10.9. The lowest BCUT2D eigenvalue weighted by Gasteiger charge is -2.13. The second-order valence-electron chi connectivity index (χ2n) is 4.72. The van der Waals surface area contributed by atoms with Crippen LogP contribution in [0.15, 0.2) is 18.2 Å². The highest BCUT2D eigenvalue weighted by Gasteiger charge is 2.12. The Morgan fingerprint density at radius 1 is 1.35 bits per heavy atom. The molecule has 0 aromatic heterocycles. The van der Waals surface area contributed by atoms with Gasteiger partial charge in [-0.3, -0.25) is 4.79 Å². The molecule has 1 aromatic rings. The Labute approximate surface area is 102 Å². The molecule has 0 bridgehead atoms. The summed E-state index contributed by atoms with van der Waals surface area (Å²) in [5, 5.41) is 8.75. The first-order valence-electron chi connectivity index (χ1n) is 5.88. The normalized spacial score (nSPS) is 12.5. The molecule has 17 heavy (non-hydrogen) atoms. The minimum atomic E-state index is -0.833. The average Bonchev–Trinajstić information content (AvgIpc) is 2.25. The summed E-state index contributed by atoms with van der Waals surface area (Å²) in [4.78, 5) is 10.7. The molecule has 0 aliphatic carbocycles. The first-order valence-corrected chi connectivity index (χ1v) is 5.88. The van der Waals surface area contributed by atoms with Crippen LogP contribution in [0.3, 0.4) is 0 Å². The van der Waals surface area contributed by atoms with E-state index in [1.807, 2.05) is 25.1 Å². The first-order chi connectivity index (χ1) is 7.91. The highest BCUT2D eigenvalue weighted by atomic mass is 16.5. The van der Waals surface area contributed by atoms with Gasteiger partial charge in [0.1, 0.15) is 12.4 Å².